The van der Waals surface area contributed by atoms with Gasteiger partial charge in [-0.2, -0.15) is 4.31 Å². The average molecular weight is 302 g/mol. The molecule has 0 aliphatic carbocycles. The van der Waals surface area contributed by atoms with E-state index in [-0.39, 0.29) is 36.8 Å². The van der Waals surface area contributed by atoms with Gasteiger partial charge in [-0.25, -0.2) is 8.42 Å². The number of carbonyl (C=O) groups excluding carboxylic acids is 1. The first-order valence-corrected chi connectivity index (χ1v) is 7.37. The van der Waals surface area contributed by atoms with Gasteiger partial charge in [0.05, 0.1) is 18.1 Å². The molecule has 0 fully saturated rings. The maximum absolute atomic E-state index is 12.4. The number of hydrogen-bond acceptors (Lipinski definition) is 5. The second kappa shape index (κ2) is 7.34. The molecule has 20 heavy (non-hydrogen) atoms. The van der Waals surface area contributed by atoms with E-state index in [0.717, 1.165) is 4.31 Å². The van der Waals surface area contributed by atoms with Gasteiger partial charge in [-0.05, 0) is 24.3 Å². The monoisotopic (exact) mass is 302 g/mol. The predicted octanol–water partition coefficient (Wildman–Crippen LogP) is -0.585. The summed E-state index contributed by atoms with van der Waals surface area (Å²) in [5.41, 5.74) is 5.33. The molecule has 1 rings (SSSR count). The topological polar surface area (TPSA) is 110 Å². The Labute approximate surface area is 118 Å². The summed E-state index contributed by atoms with van der Waals surface area (Å²) in [6.07, 6.45) is 0. The molecule has 1 aromatic carbocycles. The minimum Gasteiger partial charge on any atom is -0.395 e. The molecule has 0 aromatic heterocycles. The fraction of sp³-hybridized carbons (Fsp3) is 0.417. The van der Waals surface area contributed by atoms with Crippen molar-refractivity contribution in [3.8, 4) is 0 Å². The van der Waals surface area contributed by atoms with Crippen LogP contribution in [0.5, 0.6) is 0 Å². The molecule has 0 radical (unpaired) electrons. The van der Waals surface area contributed by atoms with Gasteiger partial charge in [0.1, 0.15) is 0 Å². The number of aliphatic hydroxyl groups is 1. The number of benzene rings is 1. The summed E-state index contributed by atoms with van der Waals surface area (Å²) in [4.78, 5) is 11.0. The molecule has 1 amide bonds. The third-order valence-corrected chi connectivity index (χ3v) is 4.58. The van der Waals surface area contributed by atoms with E-state index in [2.05, 4.69) is 0 Å². The van der Waals surface area contributed by atoms with Gasteiger partial charge >= 0.3 is 0 Å². The number of nitrogens with zero attached hydrogens (tertiary/aromatic N) is 1. The van der Waals surface area contributed by atoms with Crippen molar-refractivity contribution in [2.24, 2.45) is 5.73 Å². The van der Waals surface area contributed by atoms with Crippen LogP contribution in [0.3, 0.4) is 0 Å². The molecule has 0 heterocycles. The lowest BCUT2D eigenvalue weighted by atomic mass is 10.2. The summed E-state index contributed by atoms with van der Waals surface area (Å²) in [6, 6.07) is 5.32. The molecule has 0 spiro atoms. The third-order valence-electron chi connectivity index (χ3n) is 2.67. The molecule has 0 atom stereocenters. The zero-order valence-electron chi connectivity index (χ0n) is 11.2. The molecule has 0 saturated heterocycles. The van der Waals surface area contributed by atoms with Crippen molar-refractivity contribution in [3.05, 3.63) is 29.8 Å². The number of sulfonamides is 1. The number of carbonyl (C=O) groups is 1. The maximum Gasteiger partial charge on any atom is 0.248 e. The zero-order valence-corrected chi connectivity index (χ0v) is 12.0. The Balaban J connectivity index is 3.02. The molecule has 0 unspecified atom stereocenters. The highest BCUT2D eigenvalue weighted by atomic mass is 32.2. The van der Waals surface area contributed by atoms with Gasteiger partial charge in [0.15, 0.2) is 0 Å². The maximum atomic E-state index is 12.4. The fourth-order valence-corrected chi connectivity index (χ4v) is 3.01. The van der Waals surface area contributed by atoms with E-state index < -0.39 is 15.9 Å². The molecule has 0 aliphatic rings. The van der Waals surface area contributed by atoms with Crippen molar-refractivity contribution >= 4 is 15.9 Å². The molecule has 1 aromatic rings. The summed E-state index contributed by atoms with van der Waals surface area (Å²) in [5.74, 6) is -0.624. The summed E-state index contributed by atoms with van der Waals surface area (Å²) >= 11 is 0. The quantitative estimate of drug-likeness (QED) is 0.667. The number of rotatable bonds is 8. The minimum absolute atomic E-state index is 0.0245. The number of nitrogens with two attached hydrogens (primary N) is 1. The lowest BCUT2D eigenvalue weighted by molar-refractivity contribution is 0.1000. The summed E-state index contributed by atoms with van der Waals surface area (Å²) < 4.78 is 30.7. The van der Waals surface area contributed by atoms with Gasteiger partial charge in [-0.3, -0.25) is 4.79 Å². The van der Waals surface area contributed by atoms with E-state index in [1.165, 1.54) is 31.4 Å². The Hall–Kier alpha value is -1.48. The first-order valence-electron chi connectivity index (χ1n) is 5.93. The van der Waals surface area contributed by atoms with Crippen LogP contribution in [0.2, 0.25) is 0 Å². The van der Waals surface area contributed by atoms with E-state index in [1.807, 2.05) is 0 Å². The Morgan fingerprint density at radius 2 is 1.90 bits per heavy atom. The Bertz CT molecular complexity index is 541. The van der Waals surface area contributed by atoms with Gasteiger partial charge < -0.3 is 15.6 Å². The van der Waals surface area contributed by atoms with Crippen LogP contribution in [0.15, 0.2) is 29.2 Å². The van der Waals surface area contributed by atoms with Crippen molar-refractivity contribution < 1.29 is 23.1 Å². The summed E-state index contributed by atoms with van der Waals surface area (Å²) in [7, 11) is -2.27. The van der Waals surface area contributed by atoms with Crippen LogP contribution >= 0.6 is 0 Å². The Morgan fingerprint density at radius 3 is 2.35 bits per heavy atom. The molecule has 0 saturated carbocycles. The van der Waals surface area contributed by atoms with Crippen molar-refractivity contribution in [2.75, 3.05) is 33.4 Å². The van der Waals surface area contributed by atoms with Crippen LogP contribution in [0.25, 0.3) is 0 Å². The molecule has 7 nitrogen and oxygen atoms in total. The summed E-state index contributed by atoms with van der Waals surface area (Å²) in [6.45, 7) is 0.0428. The molecular weight excluding hydrogens is 284 g/mol. The van der Waals surface area contributed by atoms with E-state index in [9.17, 15) is 13.2 Å². The lowest BCUT2D eigenvalue weighted by Gasteiger charge is -2.20. The van der Waals surface area contributed by atoms with Gasteiger partial charge in [-0.1, -0.05) is 0 Å². The first kappa shape index (κ1) is 16.6. The fourth-order valence-electron chi connectivity index (χ4n) is 1.60. The number of hydrogen-bond donors (Lipinski definition) is 2. The van der Waals surface area contributed by atoms with Crippen molar-refractivity contribution in [2.45, 2.75) is 4.90 Å². The van der Waals surface area contributed by atoms with Crippen molar-refractivity contribution in [3.63, 3.8) is 0 Å². The third kappa shape index (κ3) is 4.01. The van der Waals surface area contributed by atoms with E-state index >= 15 is 0 Å². The van der Waals surface area contributed by atoms with E-state index in [4.69, 9.17) is 15.6 Å². The van der Waals surface area contributed by atoms with E-state index in [1.54, 1.807) is 0 Å². The molecule has 8 heteroatoms. The van der Waals surface area contributed by atoms with Crippen LogP contribution in [-0.4, -0.2) is 57.1 Å². The minimum atomic E-state index is -3.74. The van der Waals surface area contributed by atoms with Crippen molar-refractivity contribution in [1.82, 2.24) is 4.31 Å². The average Bonchev–Trinajstić information content (AvgIpc) is 2.43. The SMILES string of the molecule is COCCN(CCO)S(=O)(=O)c1ccc(C(N)=O)cc1. The van der Waals surface area contributed by atoms with Crippen LogP contribution < -0.4 is 5.73 Å². The number of ether oxygens (including phenoxy) is 1. The predicted molar refractivity (Wildman–Crippen MR) is 72.7 cm³/mol. The number of methoxy groups -OCH3 is 1. The highest BCUT2D eigenvalue weighted by Gasteiger charge is 2.23. The summed E-state index contributed by atoms with van der Waals surface area (Å²) in [5, 5.41) is 8.96. The molecule has 112 valence electrons. The van der Waals surface area contributed by atoms with Crippen LogP contribution in [0, 0.1) is 0 Å². The highest BCUT2D eigenvalue weighted by molar-refractivity contribution is 7.89. The normalized spacial score (nSPS) is 11.8. The Morgan fingerprint density at radius 1 is 1.30 bits per heavy atom. The van der Waals surface area contributed by atoms with Crippen LogP contribution in [-0.2, 0) is 14.8 Å². The molecule has 0 aliphatic heterocycles. The molecular formula is C12H18N2O5S. The van der Waals surface area contributed by atoms with Gasteiger partial charge in [0, 0.05) is 25.8 Å². The van der Waals surface area contributed by atoms with Gasteiger partial charge in [-0.15, -0.1) is 0 Å². The Kier molecular flexibility index (Phi) is 6.08. The van der Waals surface area contributed by atoms with Crippen LogP contribution in [0.1, 0.15) is 10.4 Å². The standard InChI is InChI=1S/C12H18N2O5S/c1-19-9-7-14(6-8-15)20(17,18)11-4-2-10(3-5-11)12(13)16/h2-5,15H,6-9H2,1H3,(H2,13,16). The van der Waals surface area contributed by atoms with Crippen LogP contribution in [0.4, 0.5) is 0 Å². The first-order chi connectivity index (χ1) is 9.43. The zero-order chi connectivity index (χ0) is 15.2. The second-order valence-corrected chi connectivity index (χ2v) is 5.95. The van der Waals surface area contributed by atoms with E-state index in [0.29, 0.717) is 0 Å². The second-order valence-electron chi connectivity index (χ2n) is 4.01. The number of primary amides is 1. The van der Waals surface area contributed by atoms with Crippen molar-refractivity contribution in [1.29, 1.82) is 0 Å². The number of amides is 1. The van der Waals surface area contributed by atoms with Gasteiger partial charge in [0.2, 0.25) is 15.9 Å². The molecule has 0 bridgehead atoms. The molecule has 3 N–H and O–H groups in total. The number of aliphatic hydroxyl groups excluding tert-OH is 1. The largest absolute Gasteiger partial charge is 0.395 e. The lowest BCUT2D eigenvalue weighted by Crippen LogP contribution is -2.36. The smallest absolute Gasteiger partial charge is 0.248 e. The van der Waals surface area contributed by atoms with Gasteiger partial charge in [0.25, 0.3) is 0 Å². The highest BCUT2D eigenvalue weighted by Crippen LogP contribution is 2.16.